The minimum absolute atomic E-state index is 0.160. The van der Waals surface area contributed by atoms with Crippen molar-refractivity contribution >= 4 is 13.3 Å². The van der Waals surface area contributed by atoms with Crippen LogP contribution in [0, 0.1) is 10.1 Å². The average molecular weight is 273 g/mol. The van der Waals surface area contributed by atoms with Crippen LogP contribution in [0.15, 0.2) is 24.3 Å². The van der Waals surface area contributed by atoms with Crippen molar-refractivity contribution in [3.8, 4) is 0 Å². The van der Waals surface area contributed by atoms with Gasteiger partial charge in [-0.05, 0) is 18.4 Å². The topological polar surface area (TPSA) is 101 Å². The first-order chi connectivity index (χ1) is 8.28. The third kappa shape index (κ3) is 2.46. The van der Waals surface area contributed by atoms with Crippen molar-refractivity contribution in [2.75, 3.05) is 0 Å². The lowest BCUT2D eigenvalue weighted by atomic mass is 9.92. The van der Waals surface area contributed by atoms with Crippen molar-refractivity contribution in [1.82, 2.24) is 0 Å². The molecule has 0 bridgehead atoms. The van der Waals surface area contributed by atoms with Gasteiger partial charge in [-0.25, -0.2) is 0 Å². The minimum Gasteiger partial charge on any atom is -0.324 e. The molecule has 1 aromatic carbocycles. The van der Waals surface area contributed by atoms with Gasteiger partial charge in [-0.3, -0.25) is 14.7 Å². The van der Waals surface area contributed by atoms with Gasteiger partial charge in [0.05, 0.1) is 10.1 Å². The van der Waals surface area contributed by atoms with Crippen LogP contribution in [-0.2, 0) is 9.72 Å². The molecule has 0 atom stereocenters. The number of nitrogens with zero attached hydrogens (tertiary/aromatic N) is 1. The Bertz CT molecular complexity index is 492. The zero-order valence-corrected chi connectivity index (χ0v) is 11.1. The van der Waals surface area contributed by atoms with Crippen LogP contribution in [0.4, 0.5) is 5.69 Å². The zero-order chi connectivity index (χ0) is 14.0. The Hall–Kier alpha value is -1.23. The van der Waals surface area contributed by atoms with E-state index in [0.29, 0.717) is 5.56 Å². The van der Waals surface area contributed by atoms with Crippen LogP contribution in [-0.4, -0.2) is 14.7 Å². The highest BCUT2D eigenvalue weighted by molar-refractivity contribution is 7.53. The van der Waals surface area contributed by atoms with E-state index in [-0.39, 0.29) is 18.5 Å². The predicted molar refractivity (Wildman–Crippen MR) is 67.4 cm³/mol. The summed E-state index contributed by atoms with van der Waals surface area (Å²) in [6, 6.07) is 5.52. The molecular weight excluding hydrogens is 257 g/mol. The molecule has 0 aliphatic heterocycles. The Morgan fingerprint density at radius 1 is 1.33 bits per heavy atom. The van der Waals surface area contributed by atoms with Crippen molar-refractivity contribution in [1.29, 1.82) is 0 Å². The van der Waals surface area contributed by atoms with Crippen molar-refractivity contribution in [3.05, 3.63) is 39.9 Å². The molecule has 0 unspecified atom stereocenters. The maximum Gasteiger partial charge on any atom is 0.335 e. The molecule has 0 amide bonds. The van der Waals surface area contributed by atoms with Crippen molar-refractivity contribution < 1.29 is 19.3 Å². The molecule has 18 heavy (non-hydrogen) atoms. The van der Waals surface area contributed by atoms with E-state index < -0.39 is 17.7 Å². The molecule has 1 aromatic rings. The second-order valence-corrected chi connectivity index (χ2v) is 6.03. The van der Waals surface area contributed by atoms with E-state index in [1.807, 2.05) is 0 Å². The summed E-state index contributed by atoms with van der Waals surface area (Å²) in [5.41, 5.74) is 0.155. The molecule has 0 aliphatic carbocycles. The summed E-state index contributed by atoms with van der Waals surface area (Å²) < 4.78 is 11.7. The standard InChI is InChI=1S/C11H16NO5P/c1-3-11(4-2,18(15,16)17)9-6-5-7-10(8-9)12(13)14/h5-8H,3-4H2,1-2H3,(H2,15,16,17). The first-order valence-corrected chi connectivity index (χ1v) is 7.20. The molecular formula is C11H16NO5P. The Morgan fingerprint density at radius 2 is 1.89 bits per heavy atom. The highest BCUT2D eigenvalue weighted by atomic mass is 31.2. The van der Waals surface area contributed by atoms with Crippen molar-refractivity contribution in [2.24, 2.45) is 0 Å². The van der Waals surface area contributed by atoms with E-state index in [2.05, 4.69) is 0 Å². The summed E-state index contributed by atoms with van der Waals surface area (Å²) >= 11 is 0. The number of rotatable bonds is 5. The van der Waals surface area contributed by atoms with Crippen LogP contribution in [0.3, 0.4) is 0 Å². The Kier molecular flexibility index (Phi) is 4.27. The van der Waals surface area contributed by atoms with E-state index in [0.717, 1.165) is 0 Å². The van der Waals surface area contributed by atoms with Crippen LogP contribution >= 0.6 is 7.60 Å². The van der Waals surface area contributed by atoms with Gasteiger partial charge in [-0.2, -0.15) is 0 Å². The zero-order valence-electron chi connectivity index (χ0n) is 10.2. The molecule has 0 aromatic heterocycles. The number of nitro groups is 1. The molecule has 1 rings (SSSR count). The molecule has 0 fully saturated rings. The van der Waals surface area contributed by atoms with Gasteiger partial charge in [0, 0.05) is 12.1 Å². The van der Waals surface area contributed by atoms with Gasteiger partial charge < -0.3 is 9.79 Å². The van der Waals surface area contributed by atoms with E-state index in [1.54, 1.807) is 13.8 Å². The summed E-state index contributed by atoms with van der Waals surface area (Å²) in [5, 5.41) is 9.37. The number of benzene rings is 1. The highest BCUT2D eigenvalue weighted by Gasteiger charge is 2.45. The lowest BCUT2D eigenvalue weighted by Gasteiger charge is -2.32. The van der Waals surface area contributed by atoms with E-state index in [9.17, 15) is 24.5 Å². The maximum atomic E-state index is 11.7. The number of non-ortho nitro benzene ring substituents is 1. The lowest BCUT2D eigenvalue weighted by molar-refractivity contribution is -0.384. The van der Waals surface area contributed by atoms with E-state index >= 15 is 0 Å². The first kappa shape index (κ1) is 14.8. The Morgan fingerprint density at radius 3 is 2.28 bits per heavy atom. The largest absolute Gasteiger partial charge is 0.335 e. The molecule has 0 spiro atoms. The summed E-state index contributed by atoms with van der Waals surface area (Å²) in [6.45, 7) is 3.34. The lowest BCUT2D eigenvalue weighted by Crippen LogP contribution is -2.24. The molecule has 0 heterocycles. The maximum absolute atomic E-state index is 11.7. The fourth-order valence-corrected chi connectivity index (χ4v) is 3.45. The quantitative estimate of drug-likeness (QED) is 0.488. The third-order valence-electron chi connectivity index (χ3n) is 3.32. The van der Waals surface area contributed by atoms with Crippen molar-refractivity contribution in [3.63, 3.8) is 0 Å². The summed E-state index contributed by atoms with van der Waals surface area (Å²) in [6.07, 6.45) is 0.434. The average Bonchev–Trinajstić information content (AvgIpc) is 2.30. The number of hydrogen-bond acceptors (Lipinski definition) is 3. The molecule has 2 N–H and O–H groups in total. The van der Waals surface area contributed by atoms with Gasteiger partial charge >= 0.3 is 7.60 Å². The third-order valence-corrected chi connectivity index (χ3v) is 5.33. The van der Waals surface area contributed by atoms with Crippen LogP contribution in [0.1, 0.15) is 32.3 Å². The molecule has 7 heteroatoms. The second-order valence-electron chi connectivity index (χ2n) is 4.09. The Balaban J connectivity index is 3.44. The summed E-state index contributed by atoms with van der Waals surface area (Å²) in [7, 11) is -4.40. The Labute approximate surface area is 105 Å². The number of nitro benzene ring substituents is 1. The van der Waals surface area contributed by atoms with Crippen LogP contribution in [0.2, 0.25) is 0 Å². The van der Waals surface area contributed by atoms with Gasteiger partial charge in [0.25, 0.3) is 5.69 Å². The predicted octanol–water partition coefficient (Wildman–Crippen LogP) is 2.79. The second kappa shape index (κ2) is 5.18. The fourth-order valence-electron chi connectivity index (χ4n) is 2.15. The molecule has 100 valence electrons. The fraction of sp³-hybridized carbons (Fsp3) is 0.455. The van der Waals surface area contributed by atoms with Gasteiger partial charge in [0.2, 0.25) is 0 Å². The normalized spacial score (nSPS) is 12.4. The molecule has 6 nitrogen and oxygen atoms in total. The first-order valence-electron chi connectivity index (χ1n) is 5.59. The monoisotopic (exact) mass is 273 g/mol. The smallest absolute Gasteiger partial charge is 0.324 e. The van der Waals surface area contributed by atoms with E-state index in [1.165, 1.54) is 24.3 Å². The number of hydrogen-bond donors (Lipinski definition) is 2. The molecule has 0 saturated heterocycles. The SMILES string of the molecule is CCC(CC)(c1cccc([N+](=O)[O-])c1)P(=O)(O)O. The van der Waals surface area contributed by atoms with Crippen LogP contribution < -0.4 is 0 Å². The van der Waals surface area contributed by atoms with Gasteiger partial charge in [-0.1, -0.05) is 26.0 Å². The van der Waals surface area contributed by atoms with Crippen molar-refractivity contribution in [2.45, 2.75) is 31.8 Å². The molecule has 0 radical (unpaired) electrons. The molecule has 0 aliphatic rings. The van der Waals surface area contributed by atoms with Crippen LogP contribution in [0.25, 0.3) is 0 Å². The summed E-state index contributed by atoms with van der Waals surface area (Å²) in [5.74, 6) is 0. The van der Waals surface area contributed by atoms with Gasteiger partial charge in [-0.15, -0.1) is 0 Å². The molecule has 0 saturated carbocycles. The van der Waals surface area contributed by atoms with Gasteiger partial charge in [0.1, 0.15) is 0 Å². The van der Waals surface area contributed by atoms with Gasteiger partial charge in [0.15, 0.2) is 0 Å². The van der Waals surface area contributed by atoms with E-state index in [4.69, 9.17) is 0 Å². The minimum atomic E-state index is -4.40. The van der Waals surface area contributed by atoms with Crippen LogP contribution in [0.5, 0.6) is 0 Å². The highest BCUT2D eigenvalue weighted by Crippen LogP contribution is 2.61. The summed E-state index contributed by atoms with van der Waals surface area (Å²) in [4.78, 5) is 29.3.